The van der Waals surface area contributed by atoms with Gasteiger partial charge in [0.25, 0.3) is 0 Å². The third-order valence-electron chi connectivity index (χ3n) is 3.85. The third kappa shape index (κ3) is 5.25. The number of hydrogen-bond donors (Lipinski definition) is 1. The topological polar surface area (TPSA) is 61.9 Å². The number of amides is 2. The molecule has 0 bridgehead atoms. The lowest BCUT2D eigenvalue weighted by molar-refractivity contribution is -0.125. The summed E-state index contributed by atoms with van der Waals surface area (Å²) >= 11 is 0. The van der Waals surface area contributed by atoms with E-state index in [1.807, 2.05) is 49.3 Å². The summed E-state index contributed by atoms with van der Waals surface area (Å²) in [6.07, 6.45) is 1.10. The van der Waals surface area contributed by atoms with Gasteiger partial charge in [-0.3, -0.25) is 9.69 Å². The number of hydrogen-bond acceptors (Lipinski definition) is 4. The maximum Gasteiger partial charge on any atom is 0.410 e. The lowest BCUT2D eigenvalue weighted by atomic mass is 10.2. The van der Waals surface area contributed by atoms with E-state index in [0.29, 0.717) is 19.5 Å². The zero-order valence-corrected chi connectivity index (χ0v) is 13.8. The molecular weight excluding hydrogens is 294 g/mol. The van der Waals surface area contributed by atoms with Crippen LogP contribution in [-0.4, -0.2) is 61.6 Å². The van der Waals surface area contributed by atoms with E-state index in [1.165, 1.54) is 4.90 Å². The van der Waals surface area contributed by atoms with Gasteiger partial charge in [-0.1, -0.05) is 30.3 Å². The average molecular weight is 319 g/mol. The van der Waals surface area contributed by atoms with Gasteiger partial charge in [0.05, 0.1) is 0 Å². The highest BCUT2D eigenvalue weighted by atomic mass is 16.6. The van der Waals surface area contributed by atoms with E-state index in [1.54, 1.807) is 0 Å². The minimum Gasteiger partial charge on any atom is -0.445 e. The highest BCUT2D eigenvalue weighted by molar-refractivity contribution is 5.86. The molecule has 1 heterocycles. The quantitative estimate of drug-likeness (QED) is 0.862. The third-order valence-corrected chi connectivity index (χ3v) is 3.85. The van der Waals surface area contributed by atoms with Gasteiger partial charge < -0.3 is 15.0 Å². The second kappa shape index (κ2) is 8.53. The Morgan fingerprint density at radius 2 is 2.04 bits per heavy atom. The summed E-state index contributed by atoms with van der Waals surface area (Å²) in [6.45, 7) is 2.15. The van der Waals surface area contributed by atoms with Crippen molar-refractivity contribution < 1.29 is 14.3 Å². The highest BCUT2D eigenvalue weighted by Gasteiger charge is 2.34. The number of carbonyl (C=O) groups excluding carboxylic acids is 2. The first kappa shape index (κ1) is 17.3. The van der Waals surface area contributed by atoms with Crippen molar-refractivity contribution in [2.45, 2.75) is 25.5 Å². The fourth-order valence-corrected chi connectivity index (χ4v) is 2.58. The van der Waals surface area contributed by atoms with Gasteiger partial charge in [-0.2, -0.15) is 0 Å². The van der Waals surface area contributed by atoms with E-state index >= 15 is 0 Å². The van der Waals surface area contributed by atoms with Crippen molar-refractivity contribution in [2.75, 3.05) is 33.7 Å². The molecule has 1 aromatic carbocycles. The largest absolute Gasteiger partial charge is 0.445 e. The molecule has 1 saturated heterocycles. The predicted octanol–water partition coefficient (Wildman–Crippen LogP) is 1.47. The van der Waals surface area contributed by atoms with Crippen LogP contribution in [0.1, 0.15) is 18.4 Å². The Bertz CT molecular complexity index is 519. The van der Waals surface area contributed by atoms with Gasteiger partial charge in [0.2, 0.25) is 5.91 Å². The monoisotopic (exact) mass is 319 g/mol. The van der Waals surface area contributed by atoms with Gasteiger partial charge in [-0.05, 0) is 32.5 Å². The number of ether oxygens (including phenoxy) is 1. The Morgan fingerprint density at radius 1 is 1.30 bits per heavy atom. The van der Waals surface area contributed by atoms with Crippen LogP contribution in [0.25, 0.3) is 0 Å². The van der Waals surface area contributed by atoms with E-state index in [-0.39, 0.29) is 12.5 Å². The molecule has 2 rings (SSSR count). The van der Waals surface area contributed by atoms with Gasteiger partial charge in [0.1, 0.15) is 12.6 Å². The summed E-state index contributed by atoms with van der Waals surface area (Å²) in [4.78, 5) is 28.0. The van der Waals surface area contributed by atoms with Crippen LogP contribution >= 0.6 is 0 Å². The highest BCUT2D eigenvalue weighted by Crippen LogP contribution is 2.19. The van der Waals surface area contributed by atoms with Gasteiger partial charge in [0, 0.05) is 19.6 Å². The molecule has 0 radical (unpaired) electrons. The molecule has 0 aliphatic carbocycles. The van der Waals surface area contributed by atoms with E-state index in [9.17, 15) is 9.59 Å². The minimum atomic E-state index is -0.417. The Hall–Kier alpha value is -2.08. The molecule has 1 N–H and O–H groups in total. The first-order chi connectivity index (χ1) is 11.1. The minimum absolute atomic E-state index is 0.0963. The van der Waals surface area contributed by atoms with E-state index in [4.69, 9.17) is 4.74 Å². The molecule has 2 amide bonds. The van der Waals surface area contributed by atoms with Crippen molar-refractivity contribution in [3.05, 3.63) is 35.9 Å². The number of likely N-dealkylation sites (tertiary alicyclic amines) is 1. The van der Waals surface area contributed by atoms with Crippen molar-refractivity contribution >= 4 is 12.0 Å². The Morgan fingerprint density at radius 3 is 2.74 bits per heavy atom. The number of nitrogens with zero attached hydrogens (tertiary/aromatic N) is 2. The van der Waals surface area contributed by atoms with Crippen molar-refractivity contribution in [1.82, 2.24) is 15.1 Å². The van der Waals surface area contributed by atoms with Crippen LogP contribution in [0, 0.1) is 0 Å². The molecule has 0 spiro atoms. The molecule has 1 aliphatic rings. The molecule has 6 heteroatoms. The van der Waals surface area contributed by atoms with Crippen molar-refractivity contribution in [3.8, 4) is 0 Å². The smallest absolute Gasteiger partial charge is 0.410 e. The first-order valence-electron chi connectivity index (χ1n) is 7.97. The Balaban J connectivity index is 1.82. The molecule has 1 atom stereocenters. The SMILES string of the molecule is CN(C)CCNC(=O)[C@@H]1CCCN1C(=O)OCc1ccccc1. The Labute approximate surface area is 137 Å². The normalized spacial score (nSPS) is 17.3. The van der Waals surface area contributed by atoms with Gasteiger partial charge in [0.15, 0.2) is 0 Å². The number of rotatable bonds is 6. The molecule has 6 nitrogen and oxygen atoms in total. The van der Waals surface area contributed by atoms with Crippen molar-refractivity contribution in [1.29, 1.82) is 0 Å². The fourth-order valence-electron chi connectivity index (χ4n) is 2.58. The maximum absolute atomic E-state index is 12.2. The standard InChI is InChI=1S/C17H25N3O3/c1-19(2)12-10-18-16(21)15-9-6-11-20(15)17(22)23-13-14-7-4-3-5-8-14/h3-5,7-8,15H,6,9-13H2,1-2H3,(H,18,21)/t15-/m0/s1. The van der Waals surface area contributed by atoms with Crippen LogP contribution in [-0.2, 0) is 16.1 Å². The van der Waals surface area contributed by atoms with Gasteiger partial charge >= 0.3 is 6.09 Å². The average Bonchev–Trinajstić information content (AvgIpc) is 3.03. The fraction of sp³-hybridized carbons (Fsp3) is 0.529. The van der Waals surface area contributed by atoms with Crippen LogP contribution in [0.4, 0.5) is 4.79 Å². The van der Waals surface area contributed by atoms with Gasteiger partial charge in [-0.25, -0.2) is 4.79 Å². The number of benzene rings is 1. The van der Waals surface area contributed by atoms with Gasteiger partial charge in [-0.15, -0.1) is 0 Å². The zero-order valence-electron chi connectivity index (χ0n) is 13.8. The summed E-state index contributed by atoms with van der Waals surface area (Å²) in [5, 5.41) is 2.88. The molecule has 126 valence electrons. The van der Waals surface area contributed by atoms with Crippen molar-refractivity contribution in [3.63, 3.8) is 0 Å². The van der Waals surface area contributed by atoms with Crippen LogP contribution in [0.3, 0.4) is 0 Å². The molecule has 0 aromatic heterocycles. The summed E-state index contributed by atoms with van der Waals surface area (Å²) < 4.78 is 5.33. The van der Waals surface area contributed by atoms with Crippen LogP contribution < -0.4 is 5.32 Å². The molecular formula is C17H25N3O3. The van der Waals surface area contributed by atoms with E-state index in [0.717, 1.165) is 18.5 Å². The number of carbonyl (C=O) groups is 2. The number of nitrogens with one attached hydrogen (secondary N) is 1. The van der Waals surface area contributed by atoms with Crippen LogP contribution in [0.2, 0.25) is 0 Å². The molecule has 1 fully saturated rings. The number of likely N-dealkylation sites (N-methyl/N-ethyl adjacent to an activating group) is 1. The second-order valence-electron chi connectivity index (χ2n) is 5.99. The van der Waals surface area contributed by atoms with Crippen LogP contribution in [0.5, 0.6) is 0 Å². The first-order valence-corrected chi connectivity index (χ1v) is 7.97. The molecule has 0 unspecified atom stereocenters. The zero-order chi connectivity index (χ0) is 16.7. The second-order valence-corrected chi connectivity index (χ2v) is 5.99. The molecule has 23 heavy (non-hydrogen) atoms. The Kier molecular flexibility index (Phi) is 6.40. The summed E-state index contributed by atoms with van der Waals surface area (Å²) in [7, 11) is 3.91. The summed E-state index contributed by atoms with van der Waals surface area (Å²) in [6, 6.07) is 9.12. The van der Waals surface area contributed by atoms with E-state index in [2.05, 4.69) is 5.32 Å². The maximum atomic E-state index is 12.2. The molecule has 1 aromatic rings. The molecule has 1 aliphatic heterocycles. The lowest BCUT2D eigenvalue weighted by Crippen LogP contribution is -2.47. The lowest BCUT2D eigenvalue weighted by Gasteiger charge is -2.23. The molecule has 0 saturated carbocycles. The summed E-state index contributed by atoms with van der Waals surface area (Å²) in [5.41, 5.74) is 0.937. The summed E-state index contributed by atoms with van der Waals surface area (Å²) in [5.74, 6) is -0.0963. The van der Waals surface area contributed by atoms with Crippen LogP contribution in [0.15, 0.2) is 30.3 Å². The van der Waals surface area contributed by atoms with E-state index < -0.39 is 12.1 Å². The van der Waals surface area contributed by atoms with Crippen molar-refractivity contribution in [2.24, 2.45) is 0 Å². The predicted molar refractivity (Wildman–Crippen MR) is 87.9 cm³/mol.